The minimum absolute atomic E-state index is 0.0634. The quantitative estimate of drug-likeness (QED) is 0.868. The van der Waals surface area contributed by atoms with Crippen LogP contribution in [0, 0.1) is 5.82 Å². The van der Waals surface area contributed by atoms with Crippen LogP contribution in [0.25, 0.3) is 0 Å². The summed E-state index contributed by atoms with van der Waals surface area (Å²) in [5, 5.41) is 2.82. The predicted octanol–water partition coefficient (Wildman–Crippen LogP) is 3.04. The second kappa shape index (κ2) is 5.18. The summed E-state index contributed by atoms with van der Waals surface area (Å²) in [5.74, 6) is -1.01. The lowest BCUT2D eigenvalue weighted by atomic mass is 10.0. The second-order valence-electron chi connectivity index (χ2n) is 4.50. The Balaban J connectivity index is 1.98. The summed E-state index contributed by atoms with van der Waals surface area (Å²) in [6.07, 6.45) is 0. The lowest BCUT2D eigenvalue weighted by Gasteiger charge is -2.18. The molecule has 0 fully saturated rings. The minimum Gasteiger partial charge on any atom is -0.482 e. The van der Waals surface area contributed by atoms with Crippen molar-refractivity contribution in [2.24, 2.45) is 0 Å². The second-order valence-corrected chi connectivity index (χ2v) is 4.94. The summed E-state index contributed by atoms with van der Waals surface area (Å²) in [4.78, 5) is 23.6. The molecule has 4 nitrogen and oxygen atoms in total. The average molecular weight is 306 g/mol. The van der Waals surface area contributed by atoms with Crippen LogP contribution in [0.4, 0.5) is 10.1 Å². The highest BCUT2D eigenvalue weighted by atomic mass is 35.5. The summed E-state index contributed by atoms with van der Waals surface area (Å²) < 4.78 is 19.0. The van der Waals surface area contributed by atoms with Crippen molar-refractivity contribution in [2.75, 3.05) is 11.9 Å². The number of hydrogen-bond donors (Lipinski definition) is 1. The number of ether oxygens (including phenoxy) is 1. The predicted molar refractivity (Wildman–Crippen MR) is 75.4 cm³/mol. The Morgan fingerprint density at radius 1 is 1.24 bits per heavy atom. The molecule has 1 heterocycles. The van der Waals surface area contributed by atoms with E-state index in [1.807, 2.05) is 0 Å². The van der Waals surface area contributed by atoms with Gasteiger partial charge in [-0.2, -0.15) is 0 Å². The first kappa shape index (κ1) is 13.6. The number of halogens is 2. The maximum atomic E-state index is 13.8. The Hall–Kier alpha value is -2.40. The molecule has 106 valence electrons. The molecule has 0 atom stereocenters. The van der Waals surface area contributed by atoms with Gasteiger partial charge in [0.2, 0.25) is 0 Å². The number of hydrogen-bond acceptors (Lipinski definition) is 3. The summed E-state index contributed by atoms with van der Waals surface area (Å²) in [7, 11) is 0. The zero-order valence-corrected chi connectivity index (χ0v) is 11.4. The zero-order chi connectivity index (χ0) is 15.0. The highest BCUT2D eigenvalue weighted by Gasteiger charge is 2.20. The van der Waals surface area contributed by atoms with Crippen LogP contribution in [0.5, 0.6) is 5.75 Å². The molecule has 1 N–H and O–H groups in total. The van der Waals surface area contributed by atoms with Gasteiger partial charge in [0.15, 0.2) is 12.4 Å². The molecule has 0 bridgehead atoms. The molecule has 1 amide bonds. The van der Waals surface area contributed by atoms with E-state index in [9.17, 15) is 14.0 Å². The Morgan fingerprint density at radius 2 is 2.05 bits per heavy atom. The molecule has 0 aliphatic carbocycles. The van der Waals surface area contributed by atoms with Crippen molar-refractivity contribution in [3.05, 3.63) is 58.4 Å². The summed E-state index contributed by atoms with van der Waals surface area (Å²) >= 11 is 5.66. The SMILES string of the molecule is O=C1COc2ccc(C(=O)c3ccc(Cl)cc3F)cc2N1. The van der Waals surface area contributed by atoms with E-state index in [0.717, 1.165) is 6.07 Å². The maximum Gasteiger partial charge on any atom is 0.262 e. The van der Waals surface area contributed by atoms with Gasteiger partial charge >= 0.3 is 0 Å². The van der Waals surface area contributed by atoms with Gasteiger partial charge in [0.1, 0.15) is 11.6 Å². The Morgan fingerprint density at radius 3 is 2.81 bits per heavy atom. The lowest BCUT2D eigenvalue weighted by Crippen LogP contribution is -2.25. The van der Waals surface area contributed by atoms with Crippen LogP contribution in [-0.2, 0) is 4.79 Å². The van der Waals surface area contributed by atoms with E-state index in [1.54, 1.807) is 6.07 Å². The number of nitrogens with one attached hydrogen (secondary N) is 1. The van der Waals surface area contributed by atoms with Crippen LogP contribution in [-0.4, -0.2) is 18.3 Å². The monoisotopic (exact) mass is 305 g/mol. The van der Waals surface area contributed by atoms with E-state index in [0.29, 0.717) is 11.4 Å². The van der Waals surface area contributed by atoms with Crippen LogP contribution in [0.1, 0.15) is 15.9 Å². The molecular formula is C15H9ClFNO3. The van der Waals surface area contributed by atoms with Crippen LogP contribution < -0.4 is 10.1 Å². The third-order valence-electron chi connectivity index (χ3n) is 3.05. The number of rotatable bonds is 2. The third-order valence-corrected chi connectivity index (χ3v) is 3.29. The molecular weight excluding hydrogens is 297 g/mol. The van der Waals surface area contributed by atoms with Crippen LogP contribution in [0.2, 0.25) is 5.02 Å². The van der Waals surface area contributed by atoms with Gasteiger partial charge in [-0.3, -0.25) is 9.59 Å². The van der Waals surface area contributed by atoms with E-state index in [2.05, 4.69) is 5.32 Å². The molecule has 0 radical (unpaired) electrons. The molecule has 0 unspecified atom stereocenters. The molecule has 3 rings (SSSR count). The minimum atomic E-state index is -0.689. The highest BCUT2D eigenvalue weighted by molar-refractivity contribution is 6.30. The van der Waals surface area contributed by atoms with E-state index < -0.39 is 11.6 Å². The molecule has 21 heavy (non-hydrogen) atoms. The molecule has 1 aliphatic heterocycles. The smallest absolute Gasteiger partial charge is 0.262 e. The number of fused-ring (bicyclic) bond motifs is 1. The van der Waals surface area contributed by atoms with Gasteiger partial charge in [-0.25, -0.2) is 4.39 Å². The van der Waals surface area contributed by atoms with Gasteiger partial charge in [0.05, 0.1) is 11.3 Å². The first-order valence-electron chi connectivity index (χ1n) is 6.11. The van der Waals surface area contributed by atoms with Crippen molar-refractivity contribution >= 4 is 29.0 Å². The van der Waals surface area contributed by atoms with Crippen molar-refractivity contribution in [2.45, 2.75) is 0 Å². The largest absolute Gasteiger partial charge is 0.482 e. The molecule has 0 saturated heterocycles. The third kappa shape index (κ3) is 2.60. The average Bonchev–Trinajstić information content (AvgIpc) is 2.46. The van der Waals surface area contributed by atoms with Crippen molar-refractivity contribution in [3.63, 3.8) is 0 Å². The fourth-order valence-electron chi connectivity index (χ4n) is 2.05. The number of benzene rings is 2. The molecule has 0 saturated carbocycles. The van der Waals surface area contributed by atoms with E-state index >= 15 is 0 Å². The van der Waals surface area contributed by atoms with Gasteiger partial charge in [-0.05, 0) is 36.4 Å². The molecule has 2 aromatic rings. The van der Waals surface area contributed by atoms with Crippen molar-refractivity contribution < 1.29 is 18.7 Å². The van der Waals surface area contributed by atoms with Gasteiger partial charge in [-0.1, -0.05) is 11.6 Å². The Labute approximate surface area is 124 Å². The number of carbonyl (C=O) groups is 2. The van der Waals surface area contributed by atoms with Crippen molar-refractivity contribution in [1.29, 1.82) is 0 Å². The fraction of sp³-hybridized carbons (Fsp3) is 0.0667. The first-order chi connectivity index (χ1) is 10.0. The van der Waals surface area contributed by atoms with Crippen LogP contribution >= 0.6 is 11.6 Å². The van der Waals surface area contributed by atoms with Crippen molar-refractivity contribution in [3.8, 4) is 5.75 Å². The van der Waals surface area contributed by atoms with E-state index in [1.165, 1.54) is 24.3 Å². The first-order valence-corrected chi connectivity index (χ1v) is 6.49. The van der Waals surface area contributed by atoms with Gasteiger partial charge < -0.3 is 10.1 Å². The Bertz CT molecular complexity index is 761. The Kier molecular flexibility index (Phi) is 3.35. The van der Waals surface area contributed by atoms with Gasteiger partial charge in [0.25, 0.3) is 5.91 Å². The zero-order valence-electron chi connectivity index (χ0n) is 10.7. The van der Waals surface area contributed by atoms with Crippen LogP contribution in [0.15, 0.2) is 36.4 Å². The normalized spacial score (nSPS) is 13.1. The van der Waals surface area contributed by atoms with E-state index in [4.69, 9.17) is 16.3 Å². The lowest BCUT2D eigenvalue weighted by molar-refractivity contribution is -0.118. The molecule has 0 spiro atoms. The fourth-order valence-corrected chi connectivity index (χ4v) is 2.21. The summed E-state index contributed by atoms with van der Waals surface area (Å²) in [6.45, 7) is -0.0634. The molecule has 6 heteroatoms. The topological polar surface area (TPSA) is 55.4 Å². The number of carbonyl (C=O) groups excluding carboxylic acids is 2. The van der Waals surface area contributed by atoms with Gasteiger partial charge in [0, 0.05) is 10.6 Å². The maximum absolute atomic E-state index is 13.8. The standard InChI is InChI=1S/C15H9ClFNO3/c16-9-2-3-10(11(17)6-9)15(20)8-1-4-13-12(5-8)18-14(19)7-21-13/h1-6H,7H2,(H,18,19). The molecule has 1 aliphatic rings. The number of ketones is 1. The number of amides is 1. The van der Waals surface area contributed by atoms with E-state index in [-0.39, 0.29) is 28.7 Å². The molecule has 0 aromatic heterocycles. The van der Waals surface area contributed by atoms with Crippen molar-refractivity contribution in [1.82, 2.24) is 0 Å². The highest BCUT2D eigenvalue weighted by Crippen LogP contribution is 2.29. The summed E-state index contributed by atoms with van der Waals surface area (Å²) in [5.41, 5.74) is 0.564. The van der Waals surface area contributed by atoms with Gasteiger partial charge in [-0.15, -0.1) is 0 Å². The summed E-state index contributed by atoms with van der Waals surface area (Å²) in [6, 6.07) is 8.40. The molecule has 2 aromatic carbocycles. The number of anilines is 1. The van der Waals surface area contributed by atoms with Crippen LogP contribution in [0.3, 0.4) is 0 Å².